The molecule has 0 saturated heterocycles. The Balaban J connectivity index is 2.57. The van der Waals surface area contributed by atoms with E-state index in [0.717, 1.165) is 17.5 Å². The van der Waals surface area contributed by atoms with Gasteiger partial charge < -0.3 is 14.6 Å². The lowest BCUT2D eigenvalue weighted by molar-refractivity contribution is -0.140. The van der Waals surface area contributed by atoms with E-state index in [9.17, 15) is 9.90 Å². The monoisotopic (exact) mass is 251 g/mol. The van der Waals surface area contributed by atoms with Crippen molar-refractivity contribution in [3.05, 3.63) is 23.3 Å². The first-order valence-electron chi connectivity index (χ1n) is 5.80. The highest BCUT2D eigenvalue weighted by Gasteiger charge is 2.31. The van der Waals surface area contributed by atoms with Gasteiger partial charge in [-0.3, -0.25) is 10.1 Å². The zero-order valence-electron chi connectivity index (χ0n) is 10.7. The Labute approximate surface area is 106 Å². The van der Waals surface area contributed by atoms with E-state index in [2.05, 4.69) is 5.32 Å². The zero-order chi connectivity index (χ0) is 13.3. The Hall–Kier alpha value is -1.75. The normalized spacial score (nSPS) is 22.2. The second-order valence-electron chi connectivity index (χ2n) is 4.44. The van der Waals surface area contributed by atoms with Crippen LogP contribution in [0.3, 0.4) is 0 Å². The molecule has 0 bridgehead atoms. The molecule has 0 radical (unpaired) electrons. The van der Waals surface area contributed by atoms with Crippen molar-refractivity contribution in [1.82, 2.24) is 5.32 Å². The van der Waals surface area contributed by atoms with Gasteiger partial charge in [-0.1, -0.05) is 0 Å². The van der Waals surface area contributed by atoms with E-state index in [0.29, 0.717) is 11.5 Å². The minimum absolute atomic E-state index is 0.0981. The largest absolute Gasteiger partial charge is 0.497 e. The molecular formula is C13H17NO4. The standard InChI is InChI=1S/C13H17NO4/c1-7-4-9-10(12(14-7)13(15)16)5-8(17-2)6-11(9)18-3/h5-7,12,14H,4H2,1-3H3,(H,15,16). The predicted octanol–water partition coefficient (Wildman–Crippen LogP) is 1.36. The number of hydrogen-bond acceptors (Lipinski definition) is 4. The first-order chi connectivity index (χ1) is 8.56. The molecule has 5 nitrogen and oxygen atoms in total. The summed E-state index contributed by atoms with van der Waals surface area (Å²) < 4.78 is 10.5. The van der Waals surface area contributed by atoms with Gasteiger partial charge in [0.15, 0.2) is 0 Å². The van der Waals surface area contributed by atoms with Crippen LogP contribution in [0.5, 0.6) is 11.5 Å². The Morgan fingerprint density at radius 1 is 1.39 bits per heavy atom. The maximum absolute atomic E-state index is 11.3. The quantitative estimate of drug-likeness (QED) is 0.849. The first kappa shape index (κ1) is 12.7. The Kier molecular flexibility index (Phi) is 3.43. The van der Waals surface area contributed by atoms with Crippen LogP contribution in [-0.4, -0.2) is 31.3 Å². The molecule has 0 amide bonds. The molecule has 5 heteroatoms. The van der Waals surface area contributed by atoms with Crippen molar-refractivity contribution >= 4 is 5.97 Å². The second-order valence-corrected chi connectivity index (χ2v) is 4.44. The zero-order valence-corrected chi connectivity index (χ0v) is 10.7. The van der Waals surface area contributed by atoms with Crippen LogP contribution in [0.15, 0.2) is 12.1 Å². The molecule has 1 aliphatic heterocycles. The number of benzene rings is 1. The third kappa shape index (κ3) is 2.13. The fourth-order valence-electron chi connectivity index (χ4n) is 2.36. The Morgan fingerprint density at radius 2 is 2.11 bits per heavy atom. The SMILES string of the molecule is COc1cc(OC)c2c(c1)C(C(=O)O)NC(C)C2. The summed E-state index contributed by atoms with van der Waals surface area (Å²) in [7, 11) is 3.13. The van der Waals surface area contributed by atoms with Crippen molar-refractivity contribution in [2.75, 3.05) is 14.2 Å². The van der Waals surface area contributed by atoms with Crippen molar-refractivity contribution in [3.63, 3.8) is 0 Å². The molecule has 0 spiro atoms. The molecule has 18 heavy (non-hydrogen) atoms. The Bertz CT molecular complexity index is 472. The molecule has 2 rings (SSSR count). The molecule has 98 valence electrons. The summed E-state index contributed by atoms with van der Waals surface area (Å²) in [6, 6.07) is 2.93. The van der Waals surface area contributed by atoms with Crippen LogP contribution in [-0.2, 0) is 11.2 Å². The molecule has 0 aliphatic carbocycles. The molecule has 2 atom stereocenters. The lowest BCUT2D eigenvalue weighted by Crippen LogP contribution is -2.41. The minimum atomic E-state index is -0.891. The summed E-state index contributed by atoms with van der Waals surface area (Å²) in [6.07, 6.45) is 0.742. The number of rotatable bonds is 3. The average molecular weight is 251 g/mol. The van der Waals surface area contributed by atoms with Gasteiger partial charge in [0, 0.05) is 17.7 Å². The van der Waals surface area contributed by atoms with Crippen LogP contribution in [0.4, 0.5) is 0 Å². The molecule has 2 N–H and O–H groups in total. The lowest BCUT2D eigenvalue weighted by atomic mass is 9.89. The lowest BCUT2D eigenvalue weighted by Gasteiger charge is -2.30. The fourth-order valence-corrected chi connectivity index (χ4v) is 2.36. The number of carbonyl (C=O) groups is 1. The van der Waals surface area contributed by atoms with Crippen LogP contribution < -0.4 is 14.8 Å². The highest BCUT2D eigenvalue weighted by atomic mass is 16.5. The van der Waals surface area contributed by atoms with Crippen molar-refractivity contribution in [1.29, 1.82) is 0 Å². The van der Waals surface area contributed by atoms with Gasteiger partial charge in [0.25, 0.3) is 0 Å². The predicted molar refractivity (Wildman–Crippen MR) is 66.2 cm³/mol. The van der Waals surface area contributed by atoms with E-state index in [1.54, 1.807) is 26.4 Å². The number of carboxylic acids is 1. The highest BCUT2D eigenvalue weighted by molar-refractivity contribution is 5.77. The second kappa shape index (κ2) is 4.86. The van der Waals surface area contributed by atoms with Crippen LogP contribution in [0.1, 0.15) is 24.1 Å². The number of hydrogen-bond donors (Lipinski definition) is 2. The number of carboxylic acid groups (broad SMARTS) is 1. The van der Waals surface area contributed by atoms with E-state index in [-0.39, 0.29) is 6.04 Å². The van der Waals surface area contributed by atoms with E-state index >= 15 is 0 Å². The van der Waals surface area contributed by atoms with E-state index < -0.39 is 12.0 Å². The maximum atomic E-state index is 11.3. The molecule has 0 fully saturated rings. The van der Waals surface area contributed by atoms with Crippen LogP contribution >= 0.6 is 0 Å². The molecule has 1 aromatic carbocycles. The van der Waals surface area contributed by atoms with E-state index in [1.165, 1.54) is 0 Å². The molecule has 1 aromatic rings. The smallest absolute Gasteiger partial charge is 0.325 e. The topological polar surface area (TPSA) is 67.8 Å². The van der Waals surface area contributed by atoms with Crippen molar-refractivity contribution < 1.29 is 19.4 Å². The summed E-state index contributed by atoms with van der Waals surface area (Å²) in [6.45, 7) is 1.96. The van der Waals surface area contributed by atoms with E-state index in [4.69, 9.17) is 9.47 Å². The number of ether oxygens (including phenoxy) is 2. The summed E-state index contributed by atoms with van der Waals surface area (Å²) in [4.78, 5) is 11.3. The maximum Gasteiger partial charge on any atom is 0.325 e. The fraction of sp³-hybridized carbons (Fsp3) is 0.462. The van der Waals surface area contributed by atoms with Gasteiger partial charge in [0.1, 0.15) is 17.5 Å². The van der Waals surface area contributed by atoms with Gasteiger partial charge in [-0.15, -0.1) is 0 Å². The van der Waals surface area contributed by atoms with Gasteiger partial charge in [-0.25, -0.2) is 0 Å². The number of fused-ring (bicyclic) bond motifs is 1. The summed E-state index contributed by atoms with van der Waals surface area (Å²) in [5.74, 6) is 0.398. The molecule has 0 aromatic heterocycles. The molecular weight excluding hydrogens is 234 g/mol. The number of methoxy groups -OCH3 is 2. The van der Waals surface area contributed by atoms with Crippen molar-refractivity contribution in [2.45, 2.75) is 25.4 Å². The highest BCUT2D eigenvalue weighted by Crippen LogP contribution is 2.36. The van der Waals surface area contributed by atoms with Crippen LogP contribution in [0, 0.1) is 0 Å². The molecule has 0 saturated carbocycles. The summed E-state index contributed by atoms with van der Waals surface area (Å²) in [5, 5.41) is 12.3. The molecule has 2 unspecified atom stereocenters. The van der Waals surface area contributed by atoms with Crippen molar-refractivity contribution in [2.24, 2.45) is 0 Å². The van der Waals surface area contributed by atoms with Crippen LogP contribution in [0.2, 0.25) is 0 Å². The van der Waals surface area contributed by atoms with Gasteiger partial charge >= 0.3 is 5.97 Å². The third-order valence-corrected chi connectivity index (χ3v) is 3.19. The van der Waals surface area contributed by atoms with Gasteiger partial charge in [0.2, 0.25) is 0 Å². The van der Waals surface area contributed by atoms with E-state index in [1.807, 2.05) is 6.92 Å². The third-order valence-electron chi connectivity index (χ3n) is 3.19. The first-order valence-corrected chi connectivity index (χ1v) is 5.80. The average Bonchev–Trinajstić information content (AvgIpc) is 2.36. The van der Waals surface area contributed by atoms with Gasteiger partial charge in [0.05, 0.1) is 14.2 Å². The van der Waals surface area contributed by atoms with Crippen LogP contribution in [0.25, 0.3) is 0 Å². The molecule has 1 aliphatic rings. The van der Waals surface area contributed by atoms with Gasteiger partial charge in [-0.05, 0) is 25.0 Å². The number of aliphatic carboxylic acids is 1. The Morgan fingerprint density at radius 3 is 2.67 bits per heavy atom. The molecule has 1 heterocycles. The number of nitrogens with one attached hydrogen (secondary N) is 1. The summed E-state index contributed by atoms with van der Waals surface area (Å²) >= 11 is 0. The van der Waals surface area contributed by atoms with Gasteiger partial charge in [-0.2, -0.15) is 0 Å². The minimum Gasteiger partial charge on any atom is -0.497 e. The summed E-state index contributed by atoms with van der Waals surface area (Å²) in [5.41, 5.74) is 1.66. The van der Waals surface area contributed by atoms with Crippen molar-refractivity contribution in [3.8, 4) is 11.5 Å².